The lowest BCUT2D eigenvalue weighted by molar-refractivity contribution is 0.197. The Hall–Kier alpha value is -2.98. The lowest BCUT2D eigenvalue weighted by Crippen LogP contribution is -2.49. The molecule has 9 nitrogen and oxygen atoms in total. The van der Waals surface area contributed by atoms with Gasteiger partial charge in [0.15, 0.2) is 11.5 Å². The maximum absolute atomic E-state index is 13.1. The first kappa shape index (κ1) is 19.3. The van der Waals surface area contributed by atoms with Crippen molar-refractivity contribution >= 4 is 33.0 Å². The van der Waals surface area contributed by atoms with E-state index in [1.807, 2.05) is 6.92 Å². The molecule has 29 heavy (non-hydrogen) atoms. The highest BCUT2D eigenvalue weighted by Crippen LogP contribution is 2.29. The molecule has 1 unspecified atom stereocenters. The first-order valence-electron chi connectivity index (χ1n) is 9.27. The molecule has 1 saturated heterocycles. The fourth-order valence-corrected chi connectivity index (χ4v) is 4.90. The van der Waals surface area contributed by atoms with Crippen LogP contribution in [0.25, 0.3) is 11.0 Å². The van der Waals surface area contributed by atoms with Gasteiger partial charge in [0.1, 0.15) is 6.33 Å². The summed E-state index contributed by atoms with van der Waals surface area (Å²) in [6.07, 6.45) is 3.01. The molecule has 2 N–H and O–H groups in total. The van der Waals surface area contributed by atoms with Gasteiger partial charge in [-0.2, -0.15) is 0 Å². The van der Waals surface area contributed by atoms with Crippen molar-refractivity contribution in [1.29, 1.82) is 0 Å². The Morgan fingerprint density at radius 3 is 2.66 bits per heavy atom. The van der Waals surface area contributed by atoms with Gasteiger partial charge in [0.05, 0.1) is 16.3 Å². The highest BCUT2D eigenvalue weighted by Gasteiger charge is 2.30. The van der Waals surface area contributed by atoms with E-state index in [0.29, 0.717) is 18.4 Å². The molecule has 1 atom stereocenters. The summed E-state index contributed by atoms with van der Waals surface area (Å²) < 4.78 is 27.3. The van der Waals surface area contributed by atoms with E-state index < -0.39 is 16.1 Å². The third-order valence-corrected chi connectivity index (χ3v) is 6.76. The Labute approximate surface area is 168 Å². The molecule has 1 aliphatic heterocycles. The van der Waals surface area contributed by atoms with Gasteiger partial charge in [-0.05, 0) is 44.5 Å². The van der Waals surface area contributed by atoms with Gasteiger partial charge in [0, 0.05) is 12.7 Å². The smallest absolute Gasteiger partial charge is 0.413 e. The molecule has 2 aromatic heterocycles. The van der Waals surface area contributed by atoms with Crippen LogP contribution in [0.2, 0.25) is 0 Å². The SMILES string of the molecule is Cc1ccc(S(=O)(=O)n2ccc3c(N(C(=O)O)C4CCCNC4)ncnc32)cc1. The molecule has 4 rings (SSSR count). The summed E-state index contributed by atoms with van der Waals surface area (Å²) in [5.74, 6) is 0.189. The second-order valence-corrected chi connectivity index (χ2v) is 8.83. The number of carboxylic acid groups (broad SMARTS) is 1. The third kappa shape index (κ3) is 3.45. The number of nitrogens with zero attached hydrogens (tertiary/aromatic N) is 4. The number of anilines is 1. The number of piperidine rings is 1. The van der Waals surface area contributed by atoms with E-state index in [0.717, 1.165) is 22.5 Å². The van der Waals surface area contributed by atoms with Crippen LogP contribution >= 0.6 is 0 Å². The van der Waals surface area contributed by atoms with Gasteiger partial charge in [-0.15, -0.1) is 0 Å². The lowest BCUT2D eigenvalue weighted by Gasteiger charge is -2.32. The van der Waals surface area contributed by atoms with Crippen LogP contribution in [0.15, 0.2) is 47.8 Å². The van der Waals surface area contributed by atoms with Crippen LogP contribution in [-0.2, 0) is 10.0 Å². The minimum atomic E-state index is -3.88. The molecule has 1 aliphatic rings. The summed E-state index contributed by atoms with van der Waals surface area (Å²) in [7, 11) is -3.88. The summed E-state index contributed by atoms with van der Waals surface area (Å²) >= 11 is 0. The largest absolute Gasteiger partial charge is 0.465 e. The number of amides is 1. The molecule has 0 saturated carbocycles. The number of hydrogen-bond acceptors (Lipinski definition) is 6. The molecule has 0 radical (unpaired) electrons. The van der Waals surface area contributed by atoms with Crippen molar-refractivity contribution in [2.45, 2.75) is 30.7 Å². The van der Waals surface area contributed by atoms with Gasteiger partial charge in [-0.3, -0.25) is 4.90 Å². The zero-order valence-corrected chi connectivity index (χ0v) is 16.6. The van der Waals surface area contributed by atoms with Crippen molar-refractivity contribution in [3.8, 4) is 0 Å². The second-order valence-electron chi connectivity index (χ2n) is 7.02. The monoisotopic (exact) mass is 415 g/mol. The number of nitrogens with one attached hydrogen (secondary N) is 1. The minimum Gasteiger partial charge on any atom is -0.465 e. The average Bonchev–Trinajstić information content (AvgIpc) is 3.15. The van der Waals surface area contributed by atoms with Gasteiger partial charge >= 0.3 is 6.09 Å². The van der Waals surface area contributed by atoms with Crippen LogP contribution in [0.5, 0.6) is 0 Å². The molecule has 0 spiro atoms. The standard InChI is InChI=1S/C19H21N5O4S/c1-13-4-6-15(7-5-13)29(27,28)23-10-8-16-17(23)21-12-22-18(16)24(19(25)26)14-3-2-9-20-11-14/h4-8,10,12,14,20H,2-3,9,11H2,1H3,(H,25,26). The van der Waals surface area contributed by atoms with Crippen molar-refractivity contribution < 1.29 is 18.3 Å². The van der Waals surface area contributed by atoms with Gasteiger partial charge in [-0.1, -0.05) is 17.7 Å². The Bertz CT molecular complexity index is 1150. The molecule has 1 fully saturated rings. The summed E-state index contributed by atoms with van der Waals surface area (Å²) in [6, 6.07) is 7.79. The number of benzene rings is 1. The Balaban J connectivity index is 1.82. The molecule has 3 aromatic rings. The van der Waals surface area contributed by atoms with E-state index in [9.17, 15) is 18.3 Å². The van der Waals surface area contributed by atoms with Crippen molar-refractivity contribution in [1.82, 2.24) is 19.3 Å². The zero-order chi connectivity index (χ0) is 20.6. The molecular formula is C19H21N5O4S. The predicted molar refractivity (Wildman–Crippen MR) is 108 cm³/mol. The lowest BCUT2D eigenvalue weighted by atomic mass is 10.1. The van der Waals surface area contributed by atoms with Crippen molar-refractivity contribution in [2.75, 3.05) is 18.0 Å². The number of aryl methyl sites for hydroxylation is 1. The summed E-state index contributed by atoms with van der Waals surface area (Å²) in [6.45, 7) is 3.23. The highest BCUT2D eigenvalue weighted by atomic mass is 32.2. The van der Waals surface area contributed by atoms with E-state index in [2.05, 4.69) is 15.3 Å². The molecule has 1 amide bonds. The number of aromatic nitrogens is 3. The van der Waals surface area contributed by atoms with Crippen LogP contribution in [-0.4, -0.2) is 52.7 Å². The summed E-state index contributed by atoms with van der Waals surface area (Å²) in [5, 5.41) is 13.4. The quantitative estimate of drug-likeness (QED) is 0.671. The van der Waals surface area contributed by atoms with E-state index in [4.69, 9.17) is 0 Å². The molecule has 3 heterocycles. The third-order valence-electron chi connectivity index (χ3n) is 5.08. The summed E-state index contributed by atoms with van der Waals surface area (Å²) in [5.41, 5.74) is 1.09. The van der Waals surface area contributed by atoms with E-state index in [-0.39, 0.29) is 22.4 Å². The average molecular weight is 415 g/mol. The van der Waals surface area contributed by atoms with E-state index >= 15 is 0 Å². The van der Waals surface area contributed by atoms with Crippen molar-refractivity contribution in [3.63, 3.8) is 0 Å². The number of hydrogen-bond donors (Lipinski definition) is 2. The Morgan fingerprint density at radius 2 is 2.00 bits per heavy atom. The Kier molecular flexibility index (Phi) is 4.97. The van der Waals surface area contributed by atoms with E-state index in [1.54, 1.807) is 18.2 Å². The molecular weight excluding hydrogens is 394 g/mol. The number of rotatable bonds is 4. The second kappa shape index (κ2) is 7.45. The van der Waals surface area contributed by atoms with Crippen LogP contribution in [0.4, 0.5) is 10.6 Å². The fraction of sp³-hybridized carbons (Fsp3) is 0.316. The molecule has 0 bridgehead atoms. The van der Waals surface area contributed by atoms with Crippen molar-refractivity contribution in [3.05, 3.63) is 48.4 Å². The van der Waals surface area contributed by atoms with Gasteiger partial charge < -0.3 is 10.4 Å². The molecule has 1 aromatic carbocycles. The Morgan fingerprint density at radius 1 is 1.24 bits per heavy atom. The zero-order valence-electron chi connectivity index (χ0n) is 15.8. The molecule has 152 valence electrons. The van der Waals surface area contributed by atoms with Crippen molar-refractivity contribution in [2.24, 2.45) is 0 Å². The first-order valence-corrected chi connectivity index (χ1v) is 10.7. The molecule has 0 aliphatic carbocycles. The fourth-order valence-electron chi connectivity index (χ4n) is 3.60. The van der Waals surface area contributed by atoms with Crippen LogP contribution in [0.3, 0.4) is 0 Å². The summed E-state index contributed by atoms with van der Waals surface area (Å²) in [4.78, 5) is 21.7. The minimum absolute atomic E-state index is 0.132. The number of carbonyl (C=O) groups is 1. The maximum Gasteiger partial charge on any atom is 0.413 e. The van der Waals surface area contributed by atoms with Gasteiger partial charge in [-0.25, -0.2) is 27.2 Å². The van der Waals surface area contributed by atoms with Crippen LogP contribution in [0, 0.1) is 6.92 Å². The topological polar surface area (TPSA) is 117 Å². The van der Waals surface area contributed by atoms with Crippen LogP contribution < -0.4 is 10.2 Å². The van der Waals surface area contributed by atoms with E-state index in [1.165, 1.54) is 29.6 Å². The maximum atomic E-state index is 13.1. The van der Waals surface area contributed by atoms with Gasteiger partial charge in [0.2, 0.25) is 0 Å². The number of fused-ring (bicyclic) bond motifs is 1. The highest BCUT2D eigenvalue weighted by molar-refractivity contribution is 7.90. The predicted octanol–water partition coefficient (Wildman–Crippen LogP) is 2.21. The normalized spacial score (nSPS) is 17.3. The van der Waals surface area contributed by atoms with Gasteiger partial charge in [0.25, 0.3) is 10.0 Å². The molecule has 10 heteroatoms. The first-order chi connectivity index (χ1) is 13.9. The van der Waals surface area contributed by atoms with Crippen LogP contribution in [0.1, 0.15) is 18.4 Å².